The Labute approximate surface area is 210 Å². The number of nitrogens with two attached hydrogens (primary N) is 1. The molecule has 1 aliphatic rings. The first kappa shape index (κ1) is 24.0. The number of carbonyl (C=O) groups is 2. The topological polar surface area (TPSA) is 139 Å². The first-order valence-electron chi connectivity index (χ1n) is 11.7. The second-order valence-electron chi connectivity index (χ2n) is 8.83. The molecule has 0 unspecified atom stereocenters. The number of ketones is 1. The Bertz CT molecular complexity index is 1710. The predicted molar refractivity (Wildman–Crippen MR) is 137 cm³/mol. The van der Waals surface area contributed by atoms with Crippen LogP contribution in [0.3, 0.4) is 0 Å². The number of allylic oxidation sites excluding steroid dienone is 1. The van der Waals surface area contributed by atoms with E-state index in [9.17, 15) is 19.2 Å². The number of ether oxygens (including phenoxy) is 1. The smallest absolute Gasteiger partial charge is 0.339 e. The number of para-hydroxylation sites is 1. The fourth-order valence-electron chi connectivity index (χ4n) is 4.65. The normalized spacial score (nSPS) is 14.1. The van der Waals surface area contributed by atoms with E-state index in [1.807, 2.05) is 24.3 Å². The standard InChI is InChI=1S/C27H24N4O6/c1-30-24(28)22(25(33)31(2)27(30)35)20(32)14-37-26(34)21-17-9-3-4-11-19(17)29-23-15(7-5-10-18(21)23)13-16-8-6-12-36-16/h3-4,6,8-9,11-13H,5,7,10,14,28H2,1-2H3/b15-13-. The summed E-state index contributed by atoms with van der Waals surface area (Å²) in [6.07, 6.45) is 5.67. The van der Waals surface area contributed by atoms with Gasteiger partial charge >= 0.3 is 11.7 Å². The average molecular weight is 501 g/mol. The summed E-state index contributed by atoms with van der Waals surface area (Å²) < 4.78 is 12.7. The molecule has 188 valence electrons. The zero-order valence-electron chi connectivity index (χ0n) is 20.3. The van der Waals surface area contributed by atoms with Gasteiger partial charge < -0.3 is 14.9 Å². The lowest BCUT2D eigenvalue weighted by atomic mass is 9.86. The number of benzene rings is 1. The van der Waals surface area contributed by atoms with Crippen LogP contribution in [-0.4, -0.2) is 32.5 Å². The molecule has 0 radical (unpaired) electrons. The predicted octanol–water partition coefficient (Wildman–Crippen LogP) is 2.72. The van der Waals surface area contributed by atoms with Crippen LogP contribution in [-0.2, 0) is 25.3 Å². The van der Waals surface area contributed by atoms with Gasteiger partial charge in [0.25, 0.3) is 5.56 Å². The molecule has 0 spiro atoms. The lowest BCUT2D eigenvalue weighted by Gasteiger charge is -2.22. The van der Waals surface area contributed by atoms with Crippen LogP contribution in [0.5, 0.6) is 0 Å². The highest BCUT2D eigenvalue weighted by atomic mass is 16.5. The zero-order chi connectivity index (χ0) is 26.3. The van der Waals surface area contributed by atoms with Crippen LogP contribution in [0.15, 0.2) is 56.7 Å². The van der Waals surface area contributed by atoms with Gasteiger partial charge in [-0.05, 0) is 54.7 Å². The molecule has 3 aromatic heterocycles. The Balaban J connectivity index is 1.53. The summed E-state index contributed by atoms with van der Waals surface area (Å²) in [5.41, 5.74) is 7.27. The van der Waals surface area contributed by atoms with Gasteiger partial charge in [-0.15, -0.1) is 0 Å². The largest absolute Gasteiger partial charge is 0.465 e. The molecular weight excluding hydrogens is 476 g/mol. The molecular formula is C27H24N4O6. The minimum atomic E-state index is -0.846. The second kappa shape index (κ2) is 9.38. The van der Waals surface area contributed by atoms with Gasteiger partial charge in [0.1, 0.15) is 17.1 Å². The highest BCUT2D eigenvalue weighted by molar-refractivity contribution is 6.08. The number of esters is 1. The number of nitrogen functional groups attached to an aromatic ring is 1. The summed E-state index contributed by atoms with van der Waals surface area (Å²) in [7, 11) is 2.60. The third kappa shape index (κ3) is 4.16. The molecule has 0 bridgehead atoms. The Morgan fingerprint density at radius 2 is 1.86 bits per heavy atom. The number of nitrogens with zero attached hydrogens (tertiary/aromatic N) is 3. The van der Waals surface area contributed by atoms with Crippen molar-refractivity contribution in [2.75, 3.05) is 12.3 Å². The van der Waals surface area contributed by atoms with E-state index in [-0.39, 0.29) is 5.82 Å². The molecule has 10 nitrogen and oxygen atoms in total. The van der Waals surface area contributed by atoms with E-state index in [0.29, 0.717) is 34.3 Å². The first-order chi connectivity index (χ1) is 17.8. The highest BCUT2D eigenvalue weighted by Gasteiger charge is 2.27. The van der Waals surface area contributed by atoms with E-state index in [2.05, 4.69) is 0 Å². The minimum Gasteiger partial charge on any atom is -0.465 e. The number of hydrogen-bond donors (Lipinski definition) is 1. The fourth-order valence-corrected chi connectivity index (χ4v) is 4.65. The molecule has 0 fully saturated rings. The summed E-state index contributed by atoms with van der Waals surface area (Å²) in [6, 6.07) is 10.9. The van der Waals surface area contributed by atoms with Gasteiger partial charge in [-0.3, -0.25) is 18.7 Å². The van der Waals surface area contributed by atoms with E-state index >= 15 is 0 Å². The second-order valence-corrected chi connectivity index (χ2v) is 8.83. The summed E-state index contributed by atoms with van der Waals surface area (Å²) in [5, 5.41) is 0.607. The van der Waals surface area contributed by atoms with E-state index < -0.39 is 35.2 Å². The fraction of sp³-hybridized carbons (Fsp3) is 0.222. The van der Waals surface area contributed by atoms with E-state index in [0.717, 1.165) is 33.1 Å². The maximum absolute atomic E-state index is 13.4. The van der Waals surface area contributed by atoms with Crippen molar-refractivity contribution in [2.45, 2.75) is 19.3 Å². The Hall–Kier alpha value is -4.73. The molecule has 1 aliphatic carbocycles. The van der Waals surface area contributed by atoms with Crippen molar-refractivity contribution in [3.63, 3.8) is 0 Å². The molecule has 37 heavy (non-hydrogen) atoms. The van der Waals surface area contributed by atoms with E-state index in [1.165, 1.54) is 14.1 Å². The van der Waals surface area contributed by atoms with Crippen molar-refractivity contribution in [3.8, 4) is 0 Å². The Morgan fingerprint density at radius 3 is 2.62 bits per heavy atom. The third-order valence-electron chi connectivity index (χ3n) is 6.56. The number of hydrogen-bond acceptors (Lipinski definition) is 8. The summed E-state index contributed by atoms with van der Waals surface area (Å²) in [4.78, 5) is 55.8. The van der Waals surface area contributed by atoms with Crippen LogP contribution in [0.2, 0.25) is 0 Å². The number of rotatable bonds is 5. The number of anilines is 1. The van der Waals surface area contributed by atoms with E-state index in [1.54, 1.807) is 24.5 Å². The lowest BCUT2D eigenvalue weighted by molar-refractivity contribution is 0.0475. The molecule has 5 rings (SSSR count). The highest BCUT2D eigenvalue weighted by Crippen LogP contribution is 2.36. The number of fused-ring (bicyclic) bond motifs is 2. The van der Waals surface area contributed by atoms with Gasteiger partial charge in [0.15, 0.2) is 6.61 Å². The molecule has 1 aromatic carbocycles. The van der Waals surface area contributed by atoms with Crippen molar-refractivity contribution in [1.82, 2.24) is 14.1 Å². The van der Waals surface area contributed by atoms with Crippen LogP contribution in [0.4, 0.5) is 5.82 Å². The molecule has 0 atom stereocenters. The minimum absolute atomic E-state index is 0.284. The van der Waals surface area contributed by atoms with Gasteiger partial charge in [0.2, 0.25) is 5.78 Å². The van der Waals surface area contributed by atoms with Crippen molar-refractivity contribution in [3.05, 3.63) is 91.6 Å². The number of aromatic nitrogens is 3. The maximum Gasteiger partial charge on any atom is 0.339 e. The maximum atomic E-state index is 13.4. The SMILES string of the molecule is Cn1c(N)c(C(=O)COC(=O)c2c3c(nc4ccccc24)/C(=C\c2ccco2)CCC3)c(=O)n(C)c1=O. The van der Waals surface area contributed by atoms with Crippen molar-refractivity contribution in [1.29, 1.82) is 0 Å². The number of pyridine rings is 1. The van der Waals surface area contributed by atoms with Crippen molar-refractivity contribution >= 4 is 40.1 Å². The number of furan rings is 1. The zero-order valence-corrected chi connectivity index (χ0v) is 20.3. The van der Waals surface area contributed by atoms with Crippen LogP contribution in [0.1, 0.15) is 50.6 Å². The van der Waals surface area contributed by atoms with Gasteiger partial charge in [-0.25, -0.2) is 14.6 Å². The third-order valence-corrected chi connectivity index (χ3v) is 6.56. The molecule has 0 aliphatic heterocycles. The lowest BCUT2D eigenvalue weighted by Crippen LogP contribution is -2.42. The molecule has 0 saturated heterocycles. The van der Waals surface area contributed by atoms with Crippen molar-refractivity contribution < 1.29 is 18.7 Å². The van der Waals surface area contributed by atoms with Gasteiger partial charge in [0, 0.05) is 19.5 Å². The monoisotopic (exact) mass is 500 g/mol. The van der Waals surface area contributed by atoms with Crippen LogP contribution in [0, 0.1) is 0 Å². The first-order valence-corrected chi connectivity index (χ1v) is 11.7. The van der Waals surface area contributed by atoms with Crippen LogP contribution < -0.4 is 17.0 Å². The average Bonchev–Trinajstić information content (AvgIpc) is 3.41. The summed E-state index contributed by atoms with van der Waals surface area (Å²) in [6.45, 7) is -0.711. The summed E-state index contributed by atoms with van der Waals surface area (Å²) in [5.74, 6) is -1.10. The number of Topliss-reactive ketones (excluding diaryl/α,β-unsaturated/α-hetero) is 1. The molecule has 10 heteroatoms. The molecule has 2 N–H and O–H groups in total. The molecule has 0 saturated carbocycles. The summed E-state index contributed by atoms with van der Waals surface area (Å²) >= 11 is 0. The van der Waals surface area contributed by atoms with E-state index in [4.69, 9.17) is 19.9 Å². The number of carbonyl (C=O) groups excluding carboxylic acids is 2. The van der Waals surface area contributed by atoms with Crippen LogP contribution in [0.25, 0.3) is 22.6 Å². The van der Waals surface area contributed by atoms with Crippen LogP contribution >= 0.6 is 0 Å². The van der Waals surface area contributed by atoms with Gasteiger partial charge in [-0.2, -0.15) is 0 Å². The Kier molecular flexibility index (Phi) is 6.08. The van der Waals surface area contributed by atoms with Gasteiger partial charge in [-0.1, -0.05) is 18.2 Å². The molecule has 0 amide bonds. The quantitative estimate of drug-likeness (QED) is 0.326. The Morgan fingerprint density at radius 1 is 1.08 bits per heavy atom. The molecule has 3 heterocycles. The molecule has 4 aromatic rings. The van der Waals surface area contributed by atoms with Crippen molar-refractivity contribution in [2.24, 2.45) is 14.1 Å². The van der Waals surface area contributed by atoms with Gasteiger partial charge in [0.05, 0.1) is 23.0 Å².